The molecule has 0 spiro atoms. The van der Waals surface area contributed by atoms with Gasteiger partial charge in [0.1, 0.15) is 5.01 Å². The Bertz CT molecular complexity index is 947. The van der Waals surface area contributed by atoms with Crippen LogP contribution in [0.3, 0.4) is 0 Å². The first-order valence-corrected chi connectivity index (χ1v) is 8.52. The summed E-state index contributed by atoms with van der Waals surface area (Å²) in [6.45, 7) is 0. The molecule has 0 fully saturated rings. The predicted molar refractivity (Wildman–Crippen MR) is 99.4 cm³/mol. The average molecular weight is 376 g/mol. The van der Waals surface area contributed by atoms with E-state index in [0.717, 1.165) is 10.2 Å². The Morgan fingerprint density at radius 1 is 1.36 bits per heavy atom. The smallest absolute Gasteiger partial charge is 0.307 e. The van der Waals surface area contributed by atoms with Crippen LogP contribution in [0.4, 0.5) is 0 Å². The van der Waals surface area contributed by atoms with E-state index in [1.165, 1.54) is 18.4 Å². The van der Waals surface area contributed by atoms with Gasteiger partial charge in [0.2, 0.25) is 0 Å². The number of carboxylic acids is 1. The predicted octanol–water partition coefficient (Wildman–Crippen LogP) is 4.68. The molecule has 0 bridgehead atoms. The maximum atomic E-state index is 11.3. The number of hydrogen-bond donors (Lipinski definition) is 2. The first-order valence-electron chi connectivity index (χ1n) is 7.32. The number of carbonyl (C=O) groups is 1. The Morgan fingerprint density at radius 3 is 2.80 bits per heavy atom. The number of methoxy groups -OCH3 is 1. The molecule has 0 radical (unpaired) electrons. The Morgan fingerprint density at radius 2 is 2.12 bits per heavy atom. The third kappa shape index (κ3) is 3.75. The fourth-order valence-corrected chi connectivity index (χ4v) is 3.59. The molecule has 2 N–H and O–H groups in total. The van der Waals surface area contributed by atoms with Crippen molar-refractivity contribution in [2.24, 2.45) is 0 Å². The van der Waals surface area contributed by atoms with Gasteiger partial charge in [-0.25, -0.2) is 4.98 Å². The summed E-state index contributed by atoms with van der Waals surface area (Å²) in [5.74, 6) is -0.888. The molecule has 128 valence electrons. The molecule has 0 aliphatic heterocycles. The number of aromatic hydroxyl groups is 1. The number of thiazole rings is 1. The third-order valence-corrected chi connectivity index (χ3v) is 4.92. The van der Waals surface area contributed by atoms with Crippen molar-refractivity contribution in [1.29, 1.82) is 0 Å². The maximum Gasteiger partial charge on any atom is 0.307 e. The van der Waals surface area contributed by atoms with Gasteiger partial charge in [-0.15, -0.1) is 11.3 Å². The molecular weight excluding hydrogens is 362 g/mol. The molecule has 0 aliphatic rings. The Balaban J connectivity index is 2.10. The van der Waals surface area contributed by atoms with Crippen LogP contribution >= 0.6 is 22.9 Å². The van der Waals surface area contributed by atoms with Crippen molar-refractivity contribution in [3.8, 4) is 11.5 Å². The Labute approximate surface area is 152 Å². The highest BCUT2D eigenvalue weighted by atomic mass is 35.5. The summed E-state index contributed by atoms with van der Waals surface area (Å²) in [5, 5.41) is 19.8. The molecule has 0 aliphatic carbocycles. The lowest BCUT2D eigenvalue weighted by atomic mass is 10.1. The van der Waals surface area contributed by atoms with E-state index in [1.807, 2.05) is 24.3 Å². The second-order valence-corrected chi connectivity index (χ2v) is 6.72. The Hall–Kier alpha value is -2.57. The molecule has 3 aromatic rings. The average Bonchev–Trinajstić information content (AvgIpc) is 3.01. The number of rotatable bonds is 5. The molecule has 25 heavy (non-hydrogen) atoms. The highest BCUT2D eigenvalue weighted by Crippen LogP contribution is 2.37. The second kappa shape index (κ2) is 7.13. The molecule has 3 rings (SSSR count). The number of halogens is 1. The van der Waals surface area contributed by atoms with Crippen LogP contribution in [0.15, 0.2) is 36.4 Å². The number of phenols is 1. The number of aromatic nitrogens is 1. The summed E-state index contributed by atoms with van der Waals surface area (Å²) in [6, 6.07) is 10.8. The van der Waals surface area contributed by atoms with E-state index in [1.54, 1.807) is 18.2 Å². The van der Waals surface area contributed by atoms with Gasteiger partial charge >= 0.3 is 5.97 Å². The molecular formula is C18H14ClNO4S. The highest BCUT2D eigenvalue weighted by Gasteiger charge is 2.14. The molecule has 0 amide bonds. The summed E-state index contributed by atoms with van der Waals surface area (Å²) in [5.41, 5.74) is 1.99. The molecule has 2 aromatic carbocycles. The third-order valence-electron chi connectivity index (χ3n) is 3.52. The van der Waals surface area contributed by atoms with E-state index in [2.05, 4.69) is 4.98 Å². The van der Waals surface area contributed by atoms with Gasteiger partial charge in [0.05, 0.1) is 28.8 Å². The van der Waals surface area contributed by atoms with Crippen LogP contribution in [-0.2, 0) is 4.79 Å². The largest absolute Gasteiger partial charge is 0.503 e. The number of aliphatic carboxylic acids is 1. The molecule has 7 heteroatoms. The van der Waals surface area contributed by atoms with Crippen molar-refractivity contribution in [1.82, 2.24) is 4.98 Å². The normalized spacial score (nSPS) is 11.7. The van der Waals surface area contributed by atoms with Gasteiger partial charge < -0.3 is 14.9 Å². The first-order chi connectivity index (χ1) is 12.0. The molecule has 0 saturated carbocycles. The maximum absolute atomic E-state index is 11.3. The Kier molecular flexibility index (Phi) is 4.92. The number of phenolic OH excluding ortho intramolecular Hbond substituents is 1. The van der Waals surface area contributed by atoms with Gasteiger partial charge in [-0.1, -0.05) is 23.7 Å². The van der Waals surface area contributed by atoms with E-state index in [9.17, 15) is 15.0 Å². The number of nitrogens with zero attached hydrogens (tertiary/aromatic N) is 1. The molecule has 5 nitrogen and oxygen atoms in total. The zero-order valence-corrected chi connectivity index (χ0v) is 14.8. The minimum Gasteiger partial charge on any atom is -0.503 e. The van der Waals surface area contributed by atoms with Crippen LogP contribution in [-0.4, -0.2) is 28.3 Å². The van der Waals surface area contributed by atoms with Gasteiger partial charge in [-0.3, -0.25) is 4.79 Å². The number of para-hydroxylation sites is 1. The number of fused-ring (bicyclic) bond motifs is 1. The van der Waals surface area contributed by atoms with Gasteiger partial charge in [-0.05, 0) is 41.5 Å². The fraction of sp³-hybridized carbons (Fsp3) is 0.111. The lowest BCUT2D eigenvalue weighted by Crippen LogP contribution is -1.97. The number of carboxylic acid groups (broad SMARTS) is 1. The number of hydrogen-bond acceptors (Lipinski definition) is 5. The lowest BCUT2D eigenvalue weighted by molar-refractivity contribution is -0.135. The van der Waals surface area contributed by atoms with E-state index >= 15 is 0 Å². The zero-order valence-electron chi connectivity index (χ0n) is 13.2. The van der Waals surface area contributed by atoms with E-state index < -0.39 is 5.97 Å². The van der Waals surface area contributed by atoms with E-state index in [4.69, 9.17) is 16.3 Å². The topological polar surface area (TPSA) is 79.7 Å². The fourth-order valence-electron chi connectivity index (χ4n) is 2.39. The quantitative estimate of drug-likeness (QED) is 0.676. The SMILES string of the molecule is COc1cc(/C=C(\CC(=O)O)c2nc3ccccc3s2)cc(Cl)c1O. The second-order valence-electron chi connectivity index (χ2n) is 5.28. The minimum absolute atomic E-state index is 0.129. The summed E-state index contributed by atoms with van der Waals surface area (Å²) < 4.78 is 6.07. The molecule has 1 aromatic heterocycles. The standard InChI is InChI=1S/C18H14ClNO4S/c1-24-14-8-10(7-12(19)17(14)23)6-11(9-16(21)22)18-20-13-4-2-3-5-15(13)25-18/h2-8,23H,9H2,1H3,(H,21,22)/b11-6+. The van der Waals surface area contributed by atoms with Crippen LogP contribution in [0.1, 0.15) is 17.0 Å². The monoisotopic (exact) mass is 375 g/mol. The summed E-state index contributed by atoms with van der Waals surface area (Å²) in [7, 11) is 1.42. The van der Waals surface area contributed by atoms with Crippen LogP contribution in [0.2, 0.25) is 5.02 Å². The number of benzene rings is 2. The minimum atomic E-state index is -0.956. The summed E-state index contributed by atoms with van der Waals surface area (Å²) in [6.07, 6.45) is 1.51. The van der Waals surface area contributed by atoms with E-state index in [0.29, 0.717) is 16.1 Å². The van der Waals surface area contributed by atoms with Crippen molar-refractivity contribution in [3.63, 3.8) is 0 Å². The van der Waals surface area contributed by atoms with Crippen molar-refractivity contribution in [2.75, 3.05) is 7.11 Å². The van der Waals surface area contributed by atoms with Crippen LogP contribution in [0.5, 0.6) is 11.5 Å². The van der Waals surface area contributed by atoms with Crippen molar-refractivity contribution < 1.29 is 19.7 Å². The van der Waals surface area contributed by atoms with Gasteiger partial charge in [0.25, 0.3) is 0 Å². The zero-order chi connectivity index (χ0) is 18.0. The molecule has 1 heterocycles. The van der Waals surface area contributed by atoms with Gasteiger partial charge in [0, 0.05) is 0 Å². The van der Waals surface area contributed by atoms with Crippen molar-refractivity contribution in [3.05, 3.63) is 52.0 Å². The van der Waals surface area contributed by atoms with Crippen LogP contribution < -0.4 is 4.74 Å². The van der Waals surface area contributed by atoms with Crippen molar-refractivity contribution >= 4 is 50.8 Å². The highest BCUT2D eigenvalue weighted by molar-refractivity contribution is 7.19. The van der Waals surface area contributed by atoms with Gasteiger partial charge in [0.15, 0.2) is 11.5 Å². The number of ether oxygens (including phenoxy) is 1. The van der Waals surface area contributed by atoms with E-state index in [-0.39, 0.29) is 22.9 Å². The van der Waals surface area contributed by atoms with Crippen LogP contribution in [0.25, 0.3) is 21.9 Å². The molecule has 0 atom stereocenters. The summed E-state index contributed by atoms with van der Waals surface area (Å²) >= 11 is 7.44. The molecule has 0 unspecified atom stereocenters. The lowest BCUT2D eigenvalue weighted by Gasteiger charge is -2.07. The summed E-state index contributed by atoms with van der Waals surface area (Å²) in [4.78, 5) is 15.8. The van der Waals surface area contributed by atoms with Crippen LogP contribution in [0, 0.1) is 0 Å². The first kappa shape index (κ1) is 17.3. The molecule has 0 saturated heterocycles. The van der Waals surface area contributed by atoms with Gasteiger partial charge in [-0.2, -0.15) is 0 Å². The van der Waals surface area contributed by atoms with Crippen molar-refractivity contribution in [2.45, 2.75) is 6.42 Å².